The lowest BCUT2D eigenvalue weighted by molar-refractivity contribution is -0.170. The van der Waals surface area contributed by atoms with Gasteiger partial charge in [-0.05, 0) is 74.5 Å². The predicted molar refractivity (Wildman–Crippen MR) is 106 cm³/mol. The Morgan fingerprint density at radius 1 is 1.14 bits per heavy atom. The molecule has 5 aliphatic rings. The van der Waals surface area contributed by atoms with E-state index in [4.69, 9.17) is 11.6 Å². The summed E-state index contributed by atoms with van der Waals surface area (Å²) in [4.78, 5) is 29.2. The van der Waals surface area contributed by atoms with Crippen molar-refractivity contribution in [3.63, 3.8) is 0 Å². The van der Waals surface area contributed by atoms with Gasteiger partial charge in [0, 0.05) is 18.1 Å². The monoisotopic (exact) mass is 402 g/mol. The van der Waals surface area contributed by atoms with Crippen molar-refractivity contribution >= 4 is 23.6 Å². The number of hydrogen-bond acceptors (Lipinski definition) is 2. The molecule has 28 heavy (non-hydrogen) atoms. The molecule has 6 rings (SSSR count). The minimum atomic E-state index is -0.624. The van der Waals surface area contributed by atoms with Gasteiger partial charge in [0.15, 0.2) is 0 Å². The van der Waals surface area contributed by atoms with Crippen LogP contribution in [0.4, 0.5) is 4.79 Å². The molecule has 3 unspecified atom stereocenters. The smallest absolute Gasteiger partial charge is 0.320 e. The molecule has 6 heteroatoms. The van der Waals surface area contributed by atoms with Gasteiger partial charge in [0.2, 0.25) is 0 Å². The van der Waals surface area contributed by atoms with E-state index >= 15 is 0 Å². The van der Waals surface area contributed by atoms with Crippen molar-refractivity contribution in [1.29, 1.82) is 0 Å². The highest BCUT2D eigenvalue weighted by molar-refractivity contribution is 6.30. The number of benzene rings is 1. The standard InChI is InChI=1S/C22H27ClN2O3/c1-21(16-3-5-17(23)6-4-16)12-25(20(28)24(21)2)18-14-7-13-8-15(18)11-22(9-13,10-14)19(26)27/h3-6,13-15,18H,7-12H2,1-2H3,(H,26,27). The summed E-state index contributed by atoms with van der Waals surface area (Å²) in [6, 6.07) is 8.01. The predicted octanol–water partition coefficient (Wildman–Crippen LogP) is 4.20. The van der Waals surface area contributed by atoms with Gasteiger partial charge in [-0.15, -0.1) is 0 Å². The van der Waals surface area contributed by atoms with Crippen LogP contribution in [0, 0.1) is 23.2 Å². The summed E-state index contributed by atoms with van der Waals surface area (Å²) in [5.41, 5.74) is 0.142. The summed E-state index contributed by atoms with van der Waals surface area (Å²) in [6.45, 7) is 2.76. The molecule has 1 aliphatic heterocycles. The van der Waals surface area contributed by atoms with Crippen LogP contribution in [0.15, 0.2) is 24.3 Å². The second-order valence-electron chi connectivity index (χ2n) is 9.80. The Balaban J connectivity index is 1.46. The first-order chi connectivity index (χ1) is 13.2. The number of carboxylic acids is 1. The van der Waals surface area contributed by atoms with Crippen LogP contribution >= 0.6 is 11.6 Å². The number of carbonyl (C=O) groups excluding carboxylic acids is 1. The highest BCUT2D eigenvalue weighted by Gasteiger charge is 2.62. The van der Waals surface area contributed by atoms with Gasteiger partial charge in [-0.3, -0.25) is 4.79 Å². The lowest BCUT2D eigenvalue weighted by atomic mass is 9.47. The zero-order chi connectivity index (χ0) is 19.8. The molecule has 1 aromatic carbocycles. The van der Waals surface area contributed by atoms with E-state index in [0.717, 1.165) is 37.7 Å². The zero-order valence-electron chi connectivity index (χ0n) is 16.4. The van der Waals surface area contributed by atoms with E-state index in [9.17, 15) is 14.7 Å². The SMILES string of the molecule is CN1C(=O)N(C2C3CC4CC2CC(C(=O)O)(C4)C3)CC1(C)c1ccc(Cl)cc1. The number of urea groups is 1. The maximum Gasteiger partial charge on any atom is 0.320 e. The van der Waals surface area contributed by atoms with Gasteiger partial charge in [0.25, 0.3) is 0 Å². The highest BCUT2D eigenvalue weighted by atomic mass is 35.5. The van der Waals surface area contributed by atoms with Gasteiger partial charge in [0.05, 0.1) is 17.5 Å². The molecule has 2 amide bonds. The van der Waals surface area contributed by atoms with Gasteiger partial charge in [-0.1, -0.05) is 23.7 Å². The fourth-order valence-electron chi connectivity index (χ4n) is 7.00. The number of carboxylic acid groups (broad SMARTS) is 1. The maximum absolute atomic E-state index is 13.3. The van der Waals surface area contributed by atoms with Crippen molar-refractivity contribution in [3.8, 4) is 0 Å². The molecular formula is C22H27ClN2O3. The van der Waals surface area contributed by atoms with Crippen molar-refractivity contribution in [1.82, 2.24) is 9.80 Å². The Morgan fingerprint density at radius 3 is 2.32 bits per heavy atom. The summed E-state index contributed by atoms with van der Waals surface area (Å²) >= 11 is 6.06. The molecule has 1 aromatic rings. The largest absolute Gasteiger partial charge is 0.481 e. The zero-order valence-corrected chi connectivity index (χ0v) is 17.2. The third kappa shape index (κ3) is 2.38. The van der Waals surface area contributed by atoms with Crippen LogP contribution in [0.1, 0.15) is 44.6 Å². The van der Waals surface area contributed by atoms with E-state index in [2.05, 4.69) is 11.8 Å². The van der Waals surface area contributed by atoms with E-state index < -0.39 is 16.9 Å². The first kappa shape index (κ1) is 18.3. The highest BCUT2D eigenvalue weighted by Crippen LogP contribution is 2.61. The van der Waals surface area contributed by atoms with E-state index in [1.165, 1.54) is 0 Å². The average Bonchev–Trinajstić information content (AvgIpc) is 2.87. The molecule has 1 N–H and O–H groups in total. The number of halogens is 1. The van der Waals surface area contributed by atoms with Crippen LogP contribution < -0.4 is 0 Å². The van der Waals surface area contributed by atoms with Crippen molar-refractivity contribution in [2.45, 2.75) is 50.6 Å². The average molecular weight is 403 g/mol. The molecule has 4 bridgehead atoms. The van der Waals surface area contributed by atoms with Gasteiger partial charge in [0.1, 0.15) is 0 Å². The first-order valence-electron chi connectivity index (χ1n) is 10.3. The molecule has 5 nitrogen and oxygen atoms in total. The number of likely N-dealkylation sites (N-methyl/N-ethyl adjacent to an activating group) is 1. The van der Waals surface area contributed by atoms with E-state index in [1.54, 1.807) is 0 Å². The van der Waals surface area contributed by atoms with Crippen LogP contribution in [0.2, 0.25) is 5.02 Å². The van der Waals surface area contributed by atoms with Crippen molar-refractivity contribution in [2.24, 2.45) is 23.2 Å². The quantitative estimate of drug-likeness (QED) is 0.824. The number of nitrogens with zero attached hydrogens (tertiary/aromatic N) is 2. The second kappa shape index (κ2) is 5.88. The maximum atomic E-state index is 13.3. The van der Waals surface area contributed by atoms with Crippen LogP contribution in [-0.4, -0.2) is 46.5 Å². The van der Waals surface area contributed by atoms with Gasteiger partial charge < -0.3 is 14.9 Å². The molecule has 4 saturated carbocycles. The van der Waals surface area contributed by atoms with E-state index in [1.807, 2.05) is 36.2 Å². The summed E-state index contributed by atoms with van der Waals surface area (Å²) in [5.74, 6) is 0.517. The van der Waals surface area contributed by atoms with Gasteiger partial charge in [-0.2, -0.15) is 0 Å². The molecule has 4 aliphatic carbocycles. The van der Waals surface area contributed by atoms with Crippen LogP contribution in [0.3, 0.4) is 0 Å². The van der Waals surface area contributed by atoms with E-state index in [0.29, 0.717) is 29.3 Å². The van der Waals surface area contributed by atoms with Crippen LogP contribution in [-0.2, 0) is 10.3 Å². The Kier molecular flexibility index (Phi) is 3.84. The molecule has 5 fully saturated rings. The first-order valence-corrected chi connectivity index (χ1v) is 10.7. The Labute approximate surface area is 170 Å². The van der Waals surface area contributed by atoms with Crippen molar-refractivity contribution in [3.05, 3.63) is 34.9 Å². The second-order valence-corrected chi connectivity index (χ2v) is 10.2. The third-order valence-electron chi connectivity index (χ3n) is 8.25. The summed E-state index contributed by atoms with van der Waals surface area (Å²) in [7, 11) is 1.88. The van der Waals surface area contributed by atoms with Crippen molar-refractivity contribution < 1.29 is 14.7 Å². The lowest BCUT2D eigenvalue weighted by Gasteiger charge is -2.59. The Hall–Kier alpha value is -1.75. The van der Waals surface area contributed by atoms with E-state index in [-0.39, 0.29) is 12.1 Å². The minimum Gasteiger partial charge on any atom is -0.481 e. The summed E-state index contributed by atoms with van der Waals surface area (Å²) < 4.78 is 0. The van der Waals surface area contributed by atoms with Crippen molar-refractivity contribution in [2.75, 3.05) is 13.6 Å². The normalized spacial score (nSPS) is 41.8. The molecule has 150 valence electrons. The lowest BCUT2D eigenvalue weighted by Crippen LogP contribution is -2.61. The molecule has 0 radical (unpaired) electrons. The van der Waals surface area contributed by atoms with Crippen LogP contribution in [0.25, 0.3) is 0 Å². The molecular weight excluding hydrogens is 376 g/mol. The molecule has 3 atom stereocenters. The number of rotatable bonds is 3. The summed E-state index contributed by atoms with van der Waals surface area (Å²) in [6.07, 6.45) is 4.43. The minimum absolute atomic E-state index is 0.0688. The molecule has 1 heterocycles. The fourth-order valence-corrected chi connectivity index (χ4v) is 7.13. The molecule has 1 saturated heterocycles. The molecule has 0 spiro atoms. The molecule has 0 aromatic heterocycles. The topological polar surface area (TPSA) is 60.9 Å². The Morgan fingerprint density at radius 2 is 1.75 bits per heavy atom. The van der Waals surface area contributed by atoms with Gasteiger partial charge in [-0.25, -0.2) is 4.79 Å². The number of carbonyl (C=O) groups is 2. The number of aliphatic carboxylic acids is 1. The third-order valence-corrected chi connectivity index (χ3v) is 8.51. The fraction of sp³-hybridized carbons (Fsp3) is 0.636. The summed E-state index contributed by atoms with van der Waals surface area (Å²) in [5, 5.41) is 10.6. The van der Waals surface area contributed by atoms with Gasteiger partial charge >= 0.3 is 12.0 Å². The Bertz CT molecular complexity index is 825. The number of hydrogen-bond donors (Lipinski definition) is 1. The number of amides is 2. The van der Waals surface area contributed by atoms with Crippen LogP contribution in [0.5, 0.6) is 0 Å².